The molecule has 3 nitrogen and oxygen atoms in total. The third kappa shape index (κ3) is 3.73. The highest BCUT2D eigenvalue weighted by atomic mass is 35.5. The van der Waals surface area contributed by atoms with Crippen LogP contribution in [0, 0.1) is 0 Å². The maximum Gasteiger partial charge on any atom is 0.0808 e. The summed E-state index contributed by atoms with van der Waals surface area (Å²) in [6.07, 6.45) is 5.45. The second-order valence-corrected chi connectivity index (χ2v) is 7.85. The Labute approximate surface area is 169 Å². The fourth-order valence-corrected chi connectivity index (χ4v) is 4.89. The van der Waals surface area contributed by atoms with E-state index in [4.69, 9.17) is 0 Å². The molecule has 0 bridgehead atoms. The largest absolute Gasteiger partial charge is 0.394 e. The number of nitrogens with zero attached hydrogens (tertiary/aromatic N) is 2. The second-order valence-electron chi connectivity index (χ2n) is 7.85. The summed E-state index contributed by atoms with van der Waals surface area (Å²) in [4.78, 5) is 5.03. The zero-order chi connectivity index (χ0) is 18.0. The summed E-state index contributed by atoms with van der Waals surface area (Å²) >= 11 is 0. The molecule has 2 aromatic rings. The van der Waals surface area contributed by atoms with Gasteiger partial charge in [0.15, 0.2) is 0 Å². The molecule has 146 valence electrons. The fourth-order valence-electron chi connectivity index (χ4n) is 4.89. The Bertz CT molecular complexity index is 716. The van der Waals surface area contributed by atoms with E-state index in [9.17, 15) is 5.11 Å². The van der Waals surface area contributed by atoms with Crippen LogP contribution in [0.25, 0.3) is 0 Å². The topological polar surface area (TPSA) is 26.7 Å². The lowest BCUT2D eigenvalue weighted by molar-refractivity contribution is 0.0942. The Balaban J connectivity index is 0.00000210. The van der Waals surface area contributed by atoms with Crippen molar-refractivity contribution in [3.8, 4) is 0 Å². The van der Waals surface area contributed by atoms with E-state index in [0.29, 0.717) is 0 Å². The molecule has 0 aliphatic carbocycles. The number of aryl methyl sites for hydroxylation is 2. The van der Waals surface area contributed by atoms with Crippen LogP contribution in [0.15, 0.2) is 48.5 Å². The number of aliphatic hydroxyl groups excluding tert-OH is 1. The van der Waals surface area contributed by atoms with Gasteiger partial charge in [-0.05, 0) is 68.5 Å². The molecule has 0 saturated carbocycles. The van der Waals surface area contributed by atoms with Crippen LogP contribution in [-0.4, -0.2) is 41.8 Å². The van der Waals surface area contributed by atoms with E-state index in [0.717, 1.165) is 51.7 Å². The first kappa shape index (κ1) is 20.2. The number of hydrogen-bond donors (Lipinski definition) is 1. The van der Waals surface area contributed by atoms with Crippen LogP contribution in [0.4, 0.5) is 11.4 Å². The molecule has 1 saturated heterocycles. The number of fused-ring (bicyclic) bond motifs is 2. The monoisotopic (exact) mass is 386 g/mol. The van der Waals surface area contributed by atoms with E-state index < -0.39 is 0 Å². The quantitative estimate of drug-likeness (QED) is 0.832. The molecule has 0 spiro atoms. The number of halogens is 1. The molecular weight excluding hydrogens is 356 g/mol. The Morgan fingerprint density at radius 1 is 0.963 bits per heavy atom. The van der Waals surface area contributed by atoms with Crippen LogP contribution >= 0.6 is 12.4 Å². The van der Waals surface area contributed by atoms with Crippen LogP contribution in [0.3, 0.4) is 0 Å². The number of para-hydroxylation sites is 2. The summed E-state index contributed by atoms with van der Waals surface area (Å²) in [6.45, 7) is 5.62. The number of aliphatic hydroxyl groups is 1. The summed E-state index contributed by atoms with van der Waals surface area (Å²) < 4.78 is 0. The normalized spacial score (nSPS) is 22.4. The smallest absolute Gasteiger partial charge is 0.0808 e. The number of anilines is 2. The van der Waals surface area contributed by atoms with Crippen LogP contribution in [0.1, 0.15) is 37.3 Å². The predicted molar refractivity (Wildman–Crippen MR) is 115 cm³/mol. The molecule has 4 rings (SSSR count). The molecule has 2 aliphatic heterocycles. The molecule has 1 unspecified atom stereocenters. The highest BCUT2D eigenvalue weighted by Gasteiger charge is 2.43. The van der Waals surface area contributed by atoms with Crippen molar-refractivity contribution in [1.29, 1.82) is 0 Å². The first-order valence-electron chi connectivity index (χ1n) is 10.1. The number of hydrogen-bond acceptors (Lipinski definition) is 3. The van der Waals surface area contributed by atoms with E-state index in [-0.39, 0.29) is 24.6 Å². The van der Waals surface area contributed by atoms with E-state index in [1.54, 1.807) is 0 Å². The lowest BCUT2D eigenvalue weighted by Gasteiger charge is -2.50. The molecule has 1 N–H and O–H groups in total. The van der Waals surface area contributed by atoms with Crippen LogP contribution < -0.4 is 4.90 Å². The highest BCUT2D eigenvalue weighted by molar-refractivity contribution is 5.85. The van der Waals surface area contributed by atoms with Gasteiger partial charge in [0.2, 0.25) is 0 Å². The van der Waals surface area contributed by atoms with Crippen molar-refractivity contribution in [3.05, 3.63) is 59.7 Å². The van der Waals surface area contributed by atoms with E-state index in [1.165, 1.54) is 22.5 Å². The summed E-state index contributed by atoms with van der Waals surface area (Å²) in [6, 6.07) is 17.6. The second kappa shape index (κ2) is 8.64. The molecule has 1 atom stereocenters. The van der Waals surface area contributed by atoms with Crippen molar-refractivity contribution in [2.24, 2.45) is 0 Å². The maximum absolute atomic E-state index is 10.7. The standard InChI is InChI=1S/C23H30N2O.ClH/c1-2-15-24-16-7-14-23(17-24,18-26)25-21-10-5-3-8-19(21)12-13-20-9-4-6-11-22(20)25;/h3-6,8-11,26H,2,7,12-18H2,1H3;1H. The van der Waals surface area contributed by atoms with Gasteiger partial charge in [-0.2, -0.15) is 0 Å². The highest BCUT2D eigenvalue weighted by Crippen LogP contribution is 2.43. The molecule has 2 aromatic carbocycles. The van der Waals surface area contributed by atoms with Gasteiger partial charge >= 0.3 is 0 Å². The number of likely N-dealkylation sites (tertiary alicyclic amines) is 1. The van der Waals surface area contributed by atoms with E-state index in [2.05, 4.69) is 65.3 Å². The maximum atomic E-state index is 10.7. The van der Waals surface area contributed by atoms with Gasteiger partial charge in [-0.15, -0.1) is 12.4 Å². The minimum absolute atomic E-state index is 0. The van der Waals surface area contributed by atoms with Gasteiger partial charge in [-0.3, -0.25) is 0 Å². The molecule has 0 aromatic heterocycles. The zero-order valence-electron chi connectivity index (χ0n) is 16.2. The van der Waals surface area contributed by atoms with Crippen molar-refractivity contribution in [3.63, 3.8) is 0 Å². The van der Waals surface area contributed by atoms with Crippen molar-refractivity contribution >= 4 is 23.8 Å². The molecule has 0 amide bonds. The van der Waals surface area contributed by atoms with E-state index in [1.807, 2.05) is 0 Å². The minimum Gasteiger partial charge on any atom is -0.394 e. The lowest BCUT2D eigenvalue weighted by atomic mass is 9.86. The third-order valence-electron chi connectivity index (χ3n) is 6.07. The van der Waals surface area contributed by atoms with Crippen LogP contribution in [-0.2, 0) is 12.8 Å². The number of piperidine rings is 1. The molecule has 27 heavy (non-hydrogen) atoms. The van der Waals surface area contributed by atoms with Crippen molar-refractivity contribution in [2.75, 3.05) is 31.1 Å². The lowest BCUT2D eigenvalue weighted by Crippen LogP contribution is -2.60. The van der Waals surface area contributed by atoms with Crippen LogP contribution in [0.5, 0.6) is 0 Å². The molecule has 1 fully saturated rings. The van der Waals surface area contributed by atoms with E-state index >= 15 is 0 Å². The first-order valence-corrected chi connectivity index (χ1v) is 10.1. The SMILES string of the molecule is CCCN1CCCC(CO)(N2c3ccccc3CCc3ccccc32)C1.Cl. The van der Waals surface area contributed by atoms with Gasteiger partial charge in [0, 0.05) is 17.9 Å². The van der Waals surface area contributed by atoms with Gasteiger partial charge < -0.3 is 14.9 Å². The molecule has 4 heteroatoms. The molecule has 0 radical (unpaired) electrons. The van der Waals surface area contributed by atoms with Crippen LogP contribution in [0.2, 0.25) is 0 Å². The Morgan fingerprint density at radius 3 is 2.11 bits per heavy atom. The Hall–Kier alpha value is -1.55. The summed E-state index contributed by atoms with van der Waals surface area (Å²) in [5, 5.41) is 10.7. The van der Waals surface area contributed by atoms with Gasteiger partial charge in [-0.1, -0.05) is 43.3 Å². The zero-order valence-corrected chi connectivity index (χ0v) is 17.0. The number of rotatable bonds is 4. The van der Waals surface area contributed by atoms with Crippen molar-refractivity contribution in [2.45, 2.75) is 44.6 Å². The number of benzene rings is 2. The summed E-state index contributed by atoms with van der Waals surface area (Å²) in [5.41, 5.74) is 5.10. The Kier molecular flexibility index (Phi) is 6.46. The average molecular weight is 387 g/mol. The minimum atomic E-state index is -0.246. The summed E-state index contributed by atoms with van der Waals surface area (Å²) in [5.74, 6) is 0. The van der Waals surface area contributed by atoms with Crippen molar-refractivity contribution < 1.29 is 5.11 Å². The average Bonchev–Trinajstić information content (AvgIpc) is 2.85. The third-order valence-corrected chi connectivity index (χ3v) is 6.07. The fraction of sp³-hybridized carbons (Fsp3) is 0.478. The molecule has 2 heterocycles. The first-order chi connectivity index (χ1) is 12.8. The van der Waals surface area contributed by atoms with Crippen molar-refractivity contribution in [1.82, 2.24) is 4.90 Å². The molecule has 2 aliphatic rings. The van der Waals surface area contributed by atoms with Gasteiger partial charge in [0.1, 0.15) is 0 Å². The Morgan fingerprint density at radius 2 is 1.56 bits per heavy atom. The van der Waals surface area contributed by atoms with Gasteiger partial charge in [0.05, 0.1) is 12.1 Å². The predicted octanol–water partition coefficient (Wildman–Crippen LogP) is 4.58. The summed E-state index contributed by atoms with van der Waals surface area (Å²) in [7, 11) is 0. The molecular formula is C23H31ClN2O. The van der Waals surface area contributed by atoms with Gasteiger partial charge in [-0.25, -0.2) is 0 Å². The van der Waals surface area contributed by atoms with Gasteiger partial charge in [0.25, 0.3) is 0 Å².